The number of benzene rings is 1. The molecule has 1 unspecified atom stereocenters. The van der Waals surface area contributed by atoms with E-state index in [-0.39, 0.29) is 17.7 Å². The number of hydrogen-bond acceptors (Lipinski definition) is 2. The molecule has 1 fully saturated rings. The molecule has 112 valence electrons. The summed E-state index contributed by atoms with van der Waals surface area (Å²) in [6.07, 6.45) is 4.10. The van der Waals surface area contributed by atoms with Gasteiger partial charge in [-0.15, -0.1) is 0 Å². The maximum Gasteiger partial charge on any atom is 0.231 e. The minimum Gasteiger partial charge on any atom is -0.313 e. The highest BCUT2D eigenvalue weighted by Gasteiger charge is 2.32. The van der Waals surface area contributed by atoms with Crippen molar-refractivity contribution < 1.29 is 9.59 Å². The van der Waals surface area contributed by atoms with Crippen molar-refractivity contribution in [1.29, 1.82) is 0 Å². The fourth-order valence-electron chi connectivity index (χ4n) is 2.98. The monoisotopic (exact) mass is 286 g/mol. The van der Waals surface area contributed by atoms with Crippen LogP contribution in [-0.4, -0.2) is 25.4 Å². The van der Waals surface area contributed by atoms with Gasteiger partial charge in [0.15, 0.2) is 0 Å². The maximum absolute atomic E-state index is 12.6. The second-order valence-electron chi connectivity index (χ2n) is 6.27. The average molecular weight is 286 g/mol. The first-order valence-corrected chi connectivity index (χ1v) is 7.75. The minimum absolute atomic E-state index is 0.0694. The summed E-state index contributed by atoms with van der Waals surface area (Å²) in [5.41, 5.74) is 1.69. The van der Waals surface area contributed by atoms with Crippen LogP contribution in [0.4, 0.5) is 11.4 Å². The molecule has 4 heteroatoms. The lowest BCUT2D eigenvalue weighted by Gasteiger charge is -2.24. The molecule has 1 aliphatic carbocycles. The fraction of sp³-hybridized carbons (Fsp3) is 0.529. The minimum atomic E-state index is -0.174. The maximum atomic E-state index is 12.6. The van der Waals surface area contributed by atoms with Gasteiger partial charge in [-0.25, -0.2) is 0 Å². The lowest BCUT2D eigenvalue weighted by Crippen LogP contribution is -2.37. The zero-order chi connectivity index (χ0) is 15.0. The van der Waals surface area contributed by atoms with Crippen molar-refractivity contribution in [2.75, 3.05) is 23.4 Å². The molecule has 0 bridgehead atoms. The Balaban J connectivity index is 1.88. The molecule has 2 amide bonds. The Hall–Kier alpha value is -1.84. The van der Waals surface area contributed by atoms with Crippen LogP contribution in [0.1, 0.15) is 32.6 Å². The van der Waals surface area contributed by atoms with Crippen molar-refractivity contribution >= 4 is 23.2 Å². The Morgan fingerprint density at radius 2 is 1.90 bits per heavy atom. The number of nitrogens with zero attached hydrogens (tertiary/aromatic N) is 2. The molecule has 0 saturated heterocycles. The van der Waals surface area contributed by atoms with E-state index in [1.807, 2.05) is 36.1 Å². The molecule has 0 radical (unpaired) electrons. The van der Waals surface area contributed by atoms with Gasteiger partial charge in [0.05, 0.1) is 17.3 Å². The molecule has 1 aromatic carbocycles. The van der Waals surface area contributed by atoms with E-state index in [1.165, 1.54) is 12.8 Å². The molecule has 0 aromatic heterocycles. The highest BCUT2D eigenvalue weighted by Crippen LogP contribution is 2.36. The van der Waals surface area contributed by atoms with Crippen molar-refractivity contribution in [3.8, 4) is 0 Å². The summed E-state index contributed by atoms with van der Waals surface area (Å²) in [5, 5.41) is 0. The average Bonchev–Trinajstić information content (AvgIpc) is 3.32. The summed E-state index contributed by atoms with van der Waals surface area (Å²) in [6, 6.07) is 7.68. The predicted octanol–water partition coefficient (Wildman–Crippen LogP) is 2.82. The van der Waals surface area contributed by atoms with Crippen LogP contribution in [0.25, 0.3) is 0 Å². The fourth-order valence-corrected chi connectivity index (χ4v) is 2.98. The molecular weight excluding hydrogens is 264 g/mol. The first kappa shape index (κ1) is 14.1. The second-order valence-corrected chi connectivity index (χ2v) is 6.27. The summed E-state index contributed by atoms with van der Waals surface area (Å²) in [4.78, 5) is 28.4. The number of carbonyl (C=O) groups excluding carboxylic acids is 2. The van der Waals surface area contributed by atoms with Crippen LogP contribution < -0.4 is 9.80 Å². The van der Waals surface area contributed by atoms with Gasteiger partial charge in [-0.1, -0.05) is 31.9 Å². The zero-order valence-corrected chi connectivity index (χ0v) is 12.7. The van der Waals surface area contributed by atoms with Gasteiger partial charge in [0.25, 0.3) is 0 Å². The summed E-state index contributed by atoms with van der Waals surface area (Å²) in [7, 11) is 1.79. The van der Waals surface area contributed by atoms with E-state index in [4.69, 9.17) is 0 Å². The third kappa shape index (κ3) is 2.80. The molecule has 4 nitrogen and oxygen atoms in total. The van der Waals surface area contributed by atoms with Crippen LogP contribution in [0, 0.1) is 11.8 Å². The van der Waals surface area contributed by atoms with E-state index in [0.717, 1.165) is 23.7 Å². The third-order valence-electron chi connectivity index (χ3n) is 4.51. The van der Waals surface area contributed by atoms with Crippen LogP contribution >= 0.6 is 0 Å². The quantitative estimate of drug-likeness (QED) is 0.857. The van der Waals surface area contributed by atoms with Crippen LogP contribution in [0.2, 0.25) is 0 Å². The Morgan fingerprint density at radius 1 is 1.24 bits per heavy atom. The lowest BCUT2D eigenvalue weighted by molar-refractivity contribution is -0.121. The Bertz CT molecular complexity index is 566. The van der Waals surface area contributed by atoms with Crippen molar-refractivity contribution in [3.63, 3.8) is 0 Å². The topological polar surface area (TPSA) is 40.6 Å². The number of rotatable bonds is 3. The number of amides is 2. The van der Waals surface area contributed by atoms with Gasteiger partial charge >= 0.3 is 0 Å². The smallest absolute Gasteiger partial charge is 0.231 e. The highest BCUT2D eigenvalue weighted by atomic mass is 16.2. The van der Waals surface area contributed by atoms with Gasteiger partial charge in [0.2, 0.25) is 11.8 Å². The molecule has 21 heavy (non-hydrogen) atoms. The van der Waals surface area contributed by atoms with E-state index in [9.17, 15) is 9.59 Å². The number of carbonyl (C=O) groups is 2. The number of anilines is 2. The molecule has 1 atom stereocenters. The lowest BCUT2D eigenvalue weighted by atomic mass is 10.1. The Morgan fingerprint density at radius 3 is 2.57 bits per heavy atom. The molecular formula is C17H22N2O2. The molecule has 1 heterocycles. The van der Waals surface area contributed by atoms with E-state index < -0.39 is 0 Å². The zero-order valence-electron chi connectivity index (χ0n) is 12.7. The summed E-state index contributed by atoms with van der Waals surface area (Å²) >= 11 is 0. The van der Waals surface area contributed by atoms with Gasteiger partial charge in [-0.3, -0.25) is 9.59 Å². The highest BCUT2D eigenvalue weighted by molar-refractivity contribution is 6.05. The van der Waals surface area contributed by atoms with Crippen LogP contribution in [-0.2, 0) is 9.59 Å². The van der Waals surface area contributed by atoms with Crippen molar-refractivity contribution in [3.05, 3.63) is 24.3 Å². The first-order chi connectivity index (χ1) is 10.1. The van der Waals surface area contributed by atoms with Crippen LogP contribution in [0.5, 0.6) is 0 Å². The molecule has 2 aliphatic rings. The Labute approximate surface area is 125 Å². The molecule has 0 spiro atoms. The van der Waals surface area contributed by atoms with E-state index in [1.54, 1.807) is 11.9 Å². The molecule has 1 aliphatic heterocycles. The van der Waals surface area contributed by atoms with Crippen LogP contribution in [0.15, 0.2) is 24.3 Å². The summed E-state index contributed by atoms with van der Waals surface area (Å²) in [6.45, 7) is 2.37. The Kier molecular flexibility index (Phi) is 3.70. The van der Waals surface area contributed by atoms with Gasteiger partial charge in [-0.05, 0) is 24.5 Å². The third-order valence-corrected chi connectivity index (χ3v) is 4.51. The molecule has 3 rings (SSSR count). The first-order valence-electron chi connectivity index (χ1n) is 7.75. The van der Waals surface area contributed by atoms with Gasteiger partial charge in [0.1, 0.15) is 0 Å². The predicted molar refractivity (Wildman–Crippen MR) is 83.3 cm³/mol. The molecule has 1 aromatic rings. The van der Waals surface area contributed by atoms with Gasteiger partial charge in [-0.2, -0.15) is 0 Å². The second kappa shape index (κ2) is 5.51. The summed E-state index contributed by atoms with van der Waals surface area (Å²) in [5.74, 6) is 0.786. The molecule has 1 saturated carbocycles. The summed E-state index contributed by atoms with van der Waals surface area (Å²) < 4.78 is 0. The van der Waals surface area contributed by atoms with Crippen molar-refractivity contribution in [2.24, 2.45) is 11.8 Å². The number of fused-ring (bicyclic) bond motifs is 1. The largest absolute Gasteiger partial charge is 0.313 e. The van der Waals surface area contributed by atoms with Crippen LogP contribution in [0.3, 0.4) is 0 Å². The van der Waals surface area contributed by atoms with Crippen molar-refractivity contribution in [2.45, 2.75) is 32.6 Å². The molecule has 0 N–H and O–H groups in total. The van der Waals surface area contributed by atoms with Gasteiger partial charge < -0.3 is 9.80 Å². The number of hydrogen-bond donors (Lipinski definition) is 0. The van der Waals surface area contributed by atoms with E-state index in [2.05, 4.69) is 0 Å². The van der Waals surface area contributed by atoms with E-state index >= 15 is 0 Å². The number of para-hydroxylation sites is 2. The van der Waals surface area contributed by atoms with Gasteiger partial charge in [0, 0.05) is 20.0 Å². The normalized spacial score (nSPS) is 22.0. The van der Waals surface area contributed by atoms with E-state index in [0.29, 0.717) is 13.0 Å². The van der Waals surface area contributed by atoms with Crippen molar-refractivity contribution in [1.82, 2.24) is 0 Å². The SMILES string of the molecule is CC1CN(C(=O)CCC2CC2)c2ccccc2N(C)C1=O. The standard InChI is InChI=1S/C17H22N2O2/c1-12-11-19(16(20)10-9-13-7-8-13)15-6-4-3-5-14(15)18(2)17(12)21/h3-6,12-13H,7-11H2,1-2H3.